The number of hydrogen-bond acceptors (Lipinski definition) is 3. The van der Waals surface area contributed by atoms with Crippen LogP contribution in [0.25, 0.3) is 0 Å². The van der Waals surface area contributed by atoms with Crippen LogP contribution in [0.3, 0.4) is 0 Å². The van der Waals surface area contributed by atoms with E-state index in [2.05, 4.69) is 5.32 Å². The van der Waals surface area contributed by atoms with Crippen LogP contribution in [0, 0.1) is 6.92 Å². The second kappa shape index (κ2) is 6.69. The molecule has 0 aliphatic carbocycles. The molecular formula is C16H24N2O3S. The van der Waals surface area contributed by atoms with Crippen LogP contribution in [0.4, 0.5) is 5.69 Å². The van der Waals surface area contributed by atoms with Crippen LogP contribution in [-0.2, 0) is 10.0 Å². The molecule has 1 aromatic rings. The van der Waals surface area contributed by atoms with Crippen molar-refractivity contribution in [3.05, 3.63) is 29.3 Å². The summed E-state index contributed by atoms with van der Waals surface area (Å²) in [7, 11) is -3.22. The quantitative estimate of drug-likeness (QED) is 0.925. The van der Waals surface area contributed by atoms with E-state index in [0.29, 0.717) is 24.2 Å². The summed E-state index contributed by atoms with van der Waals surface area (Å²) < 4.78 is 25.8. The first-order valence-electron chi connectivity index (χ1n) is 7.77. The Kier molecular flexibility index (Phi) is 5.11. The Labute approximate surface area is 132 Å². The zero-order chi connectivity index (χ0) is 16.3. The van der Waals surface area contributed by atoms with Crippen LogP contribution in [0.5, 0.6) is 0 Å². The fraction of sp³-hybridized carbons (Fsp3) is 0.562. The maximum Gasteiger partial charge on any atom is 0.251 e. The van der Waals surface area contributed by atoms with Crippen molar-refractivity contribution < 1.29 is 13.2 Å². The van der Waals surface area contributed by atoms with E-state index in [9.17, 15) is 13.2 Å². The number of sulfonamides is 1. The van der Waals surface area contributed by atoms with E-state index in [-0.39, 0.29) is 17.7 Å². The summed E-state index contributed by atoms with van der Waals surface area (Å²) in [5.41, 5.74) is 2.05. The van der Waals surface area contributed by atoms with E-state index in [1.165, 1.54) is 4.31 Å². The monoisotopic (exact) mass is 324 g/mol. The van der Waals surface area contributed by atoms with E-state index >= 15 is 0 Å². The number of benzene rings is 1. The molecule has 22 heavy (non-hydrogen) atoms. The van der Waals surface area contributed by atoms with Crippen LogP contribution >= 0.6 is 0 Å². The van der Waals surface area contributed by atoms with Crippen molar-refractivity contribution in [3.8, 4) is 0 Å². The third-order valence-electron chi connectivity index (χ3n) is 4.07. The van der Waals surface area contributed by atoms with Gasteiger partial charge in [-0.1, -0.05) is 6.92 Å². The first-order chi connectivity index (χ1) is 10.3. The predicted molar refractivity (Wildman–Crippen MR) is 88.8 cm³/mol. The SMILES string of the molecule is CC[C@@H](C)NC(=O)c1ccc(N2CCCCS2(=O)=O)c(C)c1. The van der Waals surface area contributed by atoms with Crippen LogP contribution in [0.1, 0.15) is 49.0 Å². The lowest BCUT2D eigenvalue weighted by molar-refractivity contribution is 0.0939. The predicted octanol–water partition coefficient (Wildman–Crippen LogP) is 2.45. The summed E-state index contributed by atoms with van der Waals surface area (Å²) >= 11 is 0. The highest BCUT2D eigenvalue weighted by Gasteiger charge is 2.27. The van der Waals surface area contributed by atoms with Crippen molar-refractivity contribution in [2.45, 2.75) is 46.1 Å². The minimum atomic E-state index is -3.22. The fourth-order valence-electron chi connectivity index (χ4n) is 2.55. The minimum absolute atomic E-state index is 0.120. The highest BCUT2D eigenvalue weighted by Crippen LogP contribution is 2.27. The summed E-state index contributed by atoms with van der Waals surface area (Å²) in [5, 5.41) is 2.92. The molecule has 5 nitrogen and oxygen atoms in total. The van der Waals surface area contributed by atoms with Crippen LogP contribution in [0.2, 0.25) is 0 Å². The summed E-state index contributed by atoms with van der Waals surface area (Å²) in [6.07, 6.45) is 2.46. The van der Waals surface area contributed by atoms with Crippen LogP contribution in [0.15, 0.2) is 18.2 Å². The number of nitrogens with zero attached hydrogens (tertiary/aromatic N) is 1. The van der Waals surface area contributed by atoms with Crippen molar-refractivity contribution in [1.29, 1.82) is 0 Å². The topological polar surface area (TPSA) is 66.5 Å². The van der Waals surface area contributed by atoms with Crippen molar-refractivity contribution in [2.24, 2.45) is 0 Å². The van der Waals surface area contributed by atoms with Crippen molar-refractivity contribution in [1.82, 2.24) is 5.32 Å². The molecule has 6 heteroatoms. The van der Waals surface area contributed by atoms with E-state index in [4.69, 9.17) is 0 Å². The smallest absolute Gasteiger partial charge is 0.251 e. The van der Waals surface area contributed by atoms with Gasteiger partial charge in [0.2, 0.25) is 10.0 Å². The van der Waals surface area contributed by atoms with Gasteiger partial charge in [0.1, 0.15) is 0 Å². The van der Waals surface area contributed by atoms with Crippen molar-refractivity contribution >= 4 is 21.6 Å². The molecule has 2 rings (SSSR count). The number of carbonyl (C=O) groups excluding carboxylic acids is 1. The van der Waals surface area contributed by atoms with Gasteiger partial charge in [-0.25, -0.2) is 8.42 Å². The van der Waals surface area contributed by atoms with E-state index in [1.54, 1.807) is 18.2 Å². The number of nitrogens with one attached hydrogen (secondary N) is 1. The van der Waals surface area contributed by atoms with Gasteiger partial charge in [-0.15, -0.1) is 0 Å². The molecule has 1 aliphatic rings. The highest BCUT2D eigenvalue weighted by atomic mass is 32.2. The number of aryl methyl sites for hydroxylation is 1. The Hall–Kier alpha value is -1.56. The van der Waals surface area contributed by atoms with Gasteiger partial charge in [0, 0.05) is 18.2 Å². The first kappa shape index (κ1) is 16.8. The summed E-state index contributed by atoms with van der Waals surface area (Å²) in [4.78, 5) is 12.1. The average Bonchev–Trinajstić information content (AvgIpc) is 2.47. The fourth-order valence-corrected chi connectivity index (χ4v) is 4.25. The maximum atomic E-state index is 12.2. The van der Waals surface area contributed by atoms with Crippen LogP contribution < -0.4 is 9.62 Å². The van der Waals surface area contributed by atoms with Crippen molar-refractivity contribution in [2.75, 3.05) is 16.6 Å². The molecule has 1 aliphatic heterocycles. The molecule has 1 N–H and O–H groups in total. The van der Waals surface area contributed by atoms with Gasteiger partial charge < -0.3 is 5.32 Å². The normalized spacial score (nSPS) is 18.8. The lowest BCUT2D eigenvalue weighted by Gasteiger charge is -2.29. The Balaban J connectivity index is 2.25. The number of rotatable bonds is 4. The zero-order valence-corrected chi connectivity index (χ0v) is 14.2. The van der Waals surface area contributed by atoms with E-state index in [0.717, 1.165) is 18.4 Å². The van der Waals surface area contributed by atoms with Crippen molar-refractivity contribution in [3.63, 3.8) is 0 Å². The lowest BCUT2D eigenvalue weighted by atomic mass is 10.1. The van der Waals surface area contributed by atoms with Gasteiger partial charge in [0.05, 0.1) is 11.4 Å². The molecule has 0 radical (unpaired) electrons. The molecule has 1 fully saturated rings. The van der Waals surface area contributed by atoms with Gasteiger partial charge >= 0.3 is 0 Å². The molecule has 1 saturated heterocycles. The minimum Gasteiger partial charge on any atom is -0.350 e. The molecule has 0 bridgehead atoms. The summed E-state index contributed by atoms with van der Waals surface area (Å²) in [6, 6.07) is 5.32. The van der Waals surface area contributed by atoms with E-state index in [1.807, 2.05) is 20.8 Å². The number of amides is 1. The Bertz CT molecular complexity index is 655. The third-order valence-corrected chi connectivity index (χ3v) is 5.92. The second-order valence-corrected chi connectivity index (χ2v) is 7.89. The molecule has 122 valence electrons. The van der Waals surface area contributed by atoms with E-state index < -0.39 is 10.0 Å². The van der Waals surface area contributed by atoms with Gasteiger partial charge in [0.15, 0.2) is 0 Å². The molecule has 1 heterocycles. The Morgan fingerprint density at radius 1 is 1.36 bits per heavy atom. The molecule has 1 aromatic carbocycles. The molecular weight excluding hydrogens is 300 g/mol. The lowest BCUT2D eigenvalue weighted by Crippen LogP contribution is -2.38. The molecule has 1 amide bonds. The molecule has 1 atom stereocenters. The van der Waals surface area contributed by atoms with Gasteiger partial charge in [-0.2, -0.15) is 0 Å². The Morgan fingerprint density at radius 2 is 2.09 bits per heavy atom. The number of anilines is 1. The van der Waals surface area contributed by atoms with Gasteiger partial charge in [0.25, 0.3) is 5.91 Å². The highest BCUT2D eigenvalue weighted by molar-refractivity contribution is 7.92. The number of hydrogen-bond donors (Lipinski definition) is 1. The largest absolute Gasteiger partial charge is 0.350 e. The third kappa shape index (κ3) is 3.61. The maximum absolute atomic E-state index is 12.2. The summed E-state index contributed by atoms with van der Waals surface area (Å²) in [6.45, 7) is 6.33. The molecule has 0 saturated carbocycles. The Morgan fingerprint density at radius 3 is 2.68 bits per heavy atom. The standard InChI is InChI=1S/C16H24N2O3S/c1-4-13(3)17-16(19)14-7-8-15(12(2)11-14)18-9-5-6-10-22(18,20)21/h7-8,11,13H,4-6,9-10H2,1-3H3,(H,17,19)/t13-/m1/s1. The summed E-state index contributed by atoms with van der Waals surface area (Å²) in [5.74, 6) is 0.0772. The number of carbonyl (C=O) groups is 1. The average molecular weight is 324 g/mol. The molecule has 0 unspecified atom stereocenters. The van der Waals surface area contributed by atoms with Gasteiger partial charge in [-0.05, 0) is 56.9 Å². The second-order valence-electron chi connectivity index (χ2n) is 5.88. The molecule has 0 spiro atoms. The zero-order valence-electron chi connectivity index (χ0n) is 13.4. The van der Waals surface area contributed by atoms with Crippen LogP contribution in [-0.4, -0.2) is 32.7 Å². The first-order valence-corrected chi connectivity index (χ1v) is 9.38. The molecule has 0 aromatic heterocycles. The van der Waals surface area contributed by atoms with Gasteiger partial charge in [-0.3, -0.25) is 9.10 Å².